The third-order valence-electron chi connectivity index (χ3n) is 6.19. The van der Waals surface area contributed by atoms with Crippen molar-refractivity contribution in [2.24, 2.45) is 10.9 Å². The molecule has 1 unspecified atom stereocenters. The lowest BCUT2D eigenvalue weighted by Gasteiger charge is -2.26. The van der Waals surface area contributed by atoms with Crippen molar-refractivity contribution in [3.05, 3.63) is 23.8 Å². The van der Waals surface area contributed by atoms with Gasteiger partial charge in [-0.2, -0.15) is 0 Å². The summed E-state index contributed by atoms with van der Waals surface area (Å²) in [5, 5.41) is 6.86. The van der Waals surface area contributed by atoms with Crippen molar-refractivity contribution in [2.75, 3.05) is 40.9 Å². The van der Waals surface area contributed by atoms with Gasteiger partial charge in [0.1, 0.15) is 11.5 Å². The van der Waals surface area contributed by atoms with Crippen LogP contribution in [0.4, 0.5) is 0 Å². The van der Waals surface area contributed by atoms with Gasteiger partial charge in [-0.15, -0.1) is 24.0 Å². The van der Waals surface area contributed by atoms with E-state index in [-0.39, 0.29) is 35.9 Å². The molecule has 1 atom stereocenters. The zero-order chi connectivity index (χ0) is 21.3. The lowest BCUT2D eigenvalue weighted by molar-refractivity contribution is -0.135. The summed E-state index contributed by atoms with van der Waals surface area (Å²) < 4.78 is 10.8. The molecule has 1 heterocycles. The molecule has 1 saturated heterocycles. The van der Waals surface area contributed by atoms with Crippen molar-refractivity contribution in [1.29, 1.82) is 0 Å². The number of carbonyl (C=O) groups excluding carboxylic acids is 1. The highest BCUT2D eigenvalue weighted by Gasteiger charge is 2.31. The molecule has 0 spiro atoms. The Kier molecular flexibility index (Phi) is 10.7. The number of guanidine groups is 1. The van der Waals surface area contributed by atoms with Crippen LogP contribution >= 0.6 is 24.0 Å². The summed E-state index contributed by atoms with van der Waals surface area (Å²) in [6, 6.07) is 6.08. The smallest absolute Gasteiger partial charge is 0.225 e. The fourth-order valence-corrected chi connectivity index (χ4v) is 4.47. The van der Waals surface area contributed by atoms with E-state index in [0.717, 1.165) is 68.3 Å². The molecule has 1 saturated carbocycles. The molecule has 0 bridgehead atoms. The predicted octanol–water partition coefficient (Wildman–Crippen LogP) is 3.21. The summed E-state index contributed by atoms with van der Waals surface area (Å²) in [5.74, 6) is 3.05. The van der Waals surface area contributed by atoms with Gasteiger partial charge in [0, 0.05) is 38.6 Å². The molecule has 1 aromatic rings. The Hall–Kier alpha value is -1.71. The largest absolute Gasteiger partial charge is 0.497 e. The average Bonchev–Trinajstić information content (AvgIpc) is 3.26. The quantitative estimate of drug-likeness (QED) is 0.314. The minimum atomic E-state index is 0. The zero-order valence-electron chi connectivity index (χ0n) is 19.0. The number of halogens is 1. The number of hydrogen-bond donors (Lipinski definition) is 2. The maximum atomic E-state index is 12.8. The Labute approximate surface area is 203 Å². The van der Waals surface area contributed by atoms with Gasteiger partial charge >= 0.3 is 0 Å². The Balaban J connectivity index is 0.00000341. The number of benzene rings is 1. The first kappa shape index (κ1) is 25.5. The van der Waals surface area contributed by atoms with Crippen LogP contribution in [0.1, 0.15) is 44.1 Å². The van der Waals surface area contributed by atoms with Crippen LogP contribution < -0.4 is 20.1 Å². The normalized spacial score (nSPS) is 19.5. The topological polar surface area (TPSA) is 75.2 Å². The highest BCUT2D eigenvalue weighted by atomic mass is 127. The first-order chi connectivity index (χ1) is 14.6. The molecule has 174 valence electrons. The second kappa shape index (κ2) is 13.0. The molecule has 0 aromatic heterocycles. The van der Waals surface area contributed by atoms with E-state index in [2.05, 4.69) is 15.6 Å². The highest BCUT2D eigenvalue weighted by Crippen LogP contribution is 2.27. The Bertz CT molecular complexity index is 738. The van der Waals surface area contributed by atoms with Crippen LogP contribution in [-0.4, -0.2) is 63.7 Å². The minimum Gasteiger partial charge on any atom is -0.497 e. The number of nitrogens with zero attached hydrogens (tertiary/aromatic N) is 2. The van der Waals surface area contributed by atoms with Crippen molar-refractivity contribution in [1.82, 2.24) is 15.5 Å². The third-order valence-corrected chi connectivity index (χ3v) is 6.19. The first-order valence-electron chi connectivity index (χ1n) is 11.1. The number of nitrogens with one attached hydrogen (secondary N) is 2. The summed E-state index contributed by atoms with van der Waals surface area (Å²) in [7, 11) is 5.13. The molecule has 2 N–H and O–H groups in total. The maximum absolute atomic E-state index is 12.8. The lowest BCUT2D eigenvalue weighted by atomic mass is 9.88. The number of aliphatic imine (C=N–C) groups is 1. The number of amides is 1. The van der Waals surface area contributed by atoms with Crippen LogP contribution in [0.3, 0.4) is 0 Å². The summed E-state index contributed by atoms with van der Waals surface area (Å²) in [6.45, 7) is 2.32. The van der Waals surface area contributed by atoms with Gasteiger partial charge in [0.05, 0.1) is 14.2 Å². The summed E-state index contributed by atoms with van der Waals surface area (Å²) >= 11 is 0. The van der Waals surface area contributed by atoms with Crippen molar-refractivity contribution >= 4 is 35.8 Å². The first-order valence-corrected chi connectivity index (χ1v) is 11.1. The molecule has 2 aliphatic rings. The summed E-state index contributed by atoms with van der Waals surface area (Å²) in [5.41, 5.74) is 1.09. The molecule has 8 heteroatoms. The Morgan fingerprint density at radius 2 is 1.94 bits per heavy atom. The van der Waals surface area contributed by atoms with Gasteiger partial charge in [-0.05, 0) is 49.4 Å². The number of ether oxygens (including phenoxy) is 2. The zero-order valence-corrected chi connectivity index (χ0v) is 21.3. The third kappa shape index (κ3) is 7.15. The van der Waals surface area contributed by atoms with Crippen LogP contribution in [0, 0.1) is 5.92 Å². The second-order valence-electron chi connectivity index (χ2n) is 8.18. The van der Waals surface area contributed by atoms with Crippen molar-refractivity contribution in [3.63, 3.8) is 0 Å². The lowest BCUT2D eigenvalue weighted by Crippen LogP contribution is -2.46. The Morgan fingerprint density at radius 1 is 1.16 bits per heavy atom. The van der Waals surface area contributed by atoms with Crippen molar-refractivity contribution < 1.29 is 14.3 Å². The average molecular weight is 544 g/mol. The standard InChI is InChI=1S/C23H36N4O3.HI/c1-24-23(25-13-11-18-15-20(29-2)9-10-21(18)30-3)26-19-12-14-27(16-19)22(28)17-7-5-4-6-8-17;/h9-10,15,17,19H,4-8,11-14,16H2,1-3H3,(H2,24,25,26);1H. The van der Waals surface area contributed by atoms with Gasteiger partial charge in [0.15, 0.2) is 5.96 Å². The number of carbonyl (C=O) groups is 1. The number of methoxy groups -OCH3 is 2. The molecule has 3 rings (SSSR count). The predicted molar refractivity (Wildman–Crippen MR) is 135 cm³/mol. The van der Waals surface area contributed by atoms with Crippen LogP contribution in [-0.2, 0) is 11.2 Å². The van der Waals surface area contributed by atoms with E-state index in [4.69, 9.17) is 9.47 Å². The summed E-state index contributed by atoms with van der Waals surface area (Å²) in [6.07, 6.45) is 7.54. The van der Waals surface area contributed by atoms with Crippen LogP contribution in [0.25, 0.3) is 0 Å². The highest BCUT2D eigenvalue weighted by molar-refractivity contribution is 14.0. The molecule has 31 heavy (non-hydrogen) atoms. The van der Waals surface area contributed by atoms with Gasteiger partial charge in [0.2, 0.25) is 5.91 Å². The van der Waals surface area contributed by atoms with E-state index in [9.17, 15) is 4.79 Å². The number of rotatable bonds is 7. The summed E-state index contributed by atoms with van der Waals surface area (Å²) in [4.78, 5) is 19.2. The fraction of sp³-hybridized carbons (Fsp3) is 0.652. The van der Waals surface area contributed by atoms with Gasteiger partial charge in [0.25, 0.3) is 0 Å². The second-order valence-corrected chi connectivity index (χ2v) is 8.18. The van der Waals surface area contributed by atoms with Crippen LogP contribution in [0.15, 0.2) is 23.2 Å². The minimum absolute atomic E-state index is 0. The maximum Gasteiger partial charge on any atom is 0.225 e. The van der Waals surface area contributed by atoms with E-state index in [1.165, 1.54) is 19.3 Å². The molecule has 7 nitrogen and oxygen atoms in total. The van der Waals surface area contributed by atoms with Crippen LogP contribution in [0.2, 0.25) is 0 Å². The molecular formula is C23H37IN4O3. The fourth-order valence-electron chi connectivity index (χ4n) is 4.47. The SMILES string of the molecule is CN=C(NCCc1cc(OC)ccc1OC)NC1CCN(C(=O)C2CCCCC2)C1.I. The molecule has 2 fully saturated rings. The number of hydrogen-bond acceptors (Lipinski definition) is 4. The van der Waals surface area contributed by atoms with E-state index < -0.39 is 0 Å². The van der Waals surface area contributed by atoms with Gasteiger partial charge in [-0.1, -0.05) is 19.3 Å². The van der Waals surface area contributed by atoms with E-state index >= 15 is 0 Å². The molecule has 1 aromatic carbocycles. The van der Waals surface area contributed by atoms with Gasteiger partial charge in [-0.25, -0.2) is 0 Å². The monoisotopic (exact) mass is 544 g/mol. The molecule has 1 aliphatic carbocycles. The molecule has 1 amide bonds. The number of likely N-dealkylation sites (tertiary alicyclic amines) is 1. The van der Waals surface area contributed by atoms with E-state index in [1.807, 2.05) is 23.1 Å². The molecule has 0 radical (unpaired) electrons. The van der Waals surface area contributed by atoms with Crippen LogP contribution in [0.5, 0.6) is 11.5 Å². The van der Waals surface area contributed by atoms with E-state index in [0.29, 0.717) is 5.91 Å². The molecule has 1 aliphatic heterocycles. The van der Waals surface area contributed by atoms with Crippen molar-refractivity contribution in [2.45, 2.75) is 51.0 Å². The van der Waals surface area contributed by atoms with E-state index in [1.54, 1.807) is 21.3 Å². The van der Waals surface area contributed by atoms with Crippen molar-refractivity contribution in [3.8, 4) is 11.5 Å². The van der Waals surface area contributed by atoms with Gasteiger partial charge in [-0.3, -0.25) is 9.79 Å². The Morgan fingerprint density at radius 3 is 2.61 bits per heavy atom. The van der Waals surface area contributed by atoms with Gasteiger partial charge < -0.3 is 25.0 Å². The molecular weight excluding hydrogens is 507 g/mol.